The summed E-state index contributed by atoms with van der Waals surface area (Å²) in [5, 5.41) is 9.00. The van der Waals surface area contributed by atoms with Gasteiger partial charge in [-0.3, -0.25) is 4.79 Å². The van der Waals surface area contributed by atoms with E-state index in [-0.39, 0.29) is 18.8 Å². The first kappa shape index (κ1) is 9.59. The van der Waals surface area contributed by atoms with Crippen LogP contribution in [0.15, 0.2) is 0 Å². The van der Waals surface area contributed by atoms with Crippen LogP contribution >= 0.6 is 0 Å². The van der Waals surface area contributed by atoms with Crippen LogP contribution in [-0.2, 0) is 9.53 Å². The summed E-state index contributed by atoms with van der Waals surface area (Å²) in [5.74, 6) is 0.0737. The summed E-state index contributed by atoms with van der Waals surface area (Å²) in [4.78, 5) is 10.7. The molecule has 0 rings (SSSR count). The van der Waals surface area contributed by atoms with Gasteiger partial charge in [-0.2, -0.15) is 0 Å². The standard InChI is InChI=1S/C7H14O3/c1-3-6(8)4-7(9)5-10-2/h7,9H,3-5H2,1-2H3. The second-order valence-corrected chi connectivity index (χ2v) is 2.21. The number of rotatable bonds is 5. The van der Waals surface area contributed by atoms with Crippen molar-refractivity contribution < 1.29 is 14.6 Å². The number of aliphatic hydroxyl groups is 1. The van der Waals surface area contributed by atoms with Crippen LogP contribution in [-0.4, -0.2) is 30.7 Å². The summed E-state index contributed by atoms with van der Waals surface area (Å²) < 4.78 is 4.65. The predicted molar refractivity (Wildman–Crippen MR) is 37.8 cm³/mol. The van der Waals surface area contributed by atoms with E-state index < -0.39 is 6.10 Å². The third-order valence-corrected chi connectivity index (χ3v) is 1.22. The van der Waals surface area contributed by atoms with Crippen molar-refractivity contribution in [3.63, 3.8) is 0 Å². The number of ether oxygens (including phenoxy) is 1. The number of aliphatic hydroxyl groups excluding tert-OH is 1. The lowest BCUT2D eigenvalue weighted by molar-refractivity contribution is -0.121. The zero-order valence-corrected chi connectivity index (χ0v) is 6.46. The summed E-state index contributed by atoms with van der Waals surface area (Å²) in [6.07, 6.45) is 0.0722. The lowest BCUT2D eigenvalue weighted by atomic mass is 10.1. The van der Waals surface area contributed by atoms with Gasteiger partial charge < -0.3 is 9.84 Å². The summed E-state index contributed by atoms with van der Waals surface area (Å²) in [5.41, 5.74) is 0. The lowest BCUT2D eigenvalue weighted by Crippen LogP contribution is -2.18. The molecule has 0 aromatic rings. The van der Waals surface area contributed by atoms with Crippen molar-refractivity contribution in [2.45, 2.75) is 25.9 Å². The Hall–Kier alpha value is -0.410. The molecule has 1 atom stereocenters. The van der Waals surface area contributed by atoms with Crippen LogP contribution in [0, 0.1) is 0 Å². The van der Waals surface area contributed by atoms with Gasteiger partial charge in [0.2, 0.25) is 0 Å². The summed E-state index contributed by atoms with van der Waals surface area (Å²) in [7, 11) is 1.50. The first-order valence-electron chi connectivity index (χ1n) is 3.39. The van der Waals surface area contributed by atoms with Gasteiger partial charge in [-0.15, -0.1) is 0 Å². The Morgan fingerprint density at radius 2 is 2.30 bits per heavy atom. The fourth-order valence-corrected chi connectivity index (χ4v) is 0.658. The Balaban J connectivity index is 3.37. The number of carbonyl (C=O) groups is 1. The maximum Gasteiger partial charge on any atom is 0.135 e. The molecule has 0 aromatic heterocycles. The molecule has 1 unspecified atom stereocenters. The molecule has 3 nitrogen and oxygen atoms in total. The highest BCUT2D eigenvalue weighted by Gasteiger charge is 2.07. The number of ketones is 1. The minimum absolute atomic E-state index is 0.0737. The number of hydrogen-bond acceptors (Lipinski definition) is 3. The van der Waals surface area contributed by atoms with Crippen LogP contribution in [0.2, 0.25) is 0 Å². The van der Waals surface area contributed by atoms with Gasteiger partial charge in [0.25, 0.3) is 0 Å². The van der Waals surface area contributed by atoms with Gasteiger partial charge in [-0.05, 0) is 0 Å². The molecule has 0 saturated carbocycles. The highest BCUT2D eigenvalue weighted by Crippen LogP contribution is 1.95. The van der Waals surface area contributed by atoms with Crippen LogP contribution < -0.4 is 0 Å². The van der Waals surface area contributed by atoms with Crippen molar-refractivity contribution in [1.29, 1.82) is 0 Å². The Morgan fingerprint density at radius 3 is 2.70 bits per heavy atom. The monoisotopic (exact) mass is 146 g/mol. The Labute approximate surface area is 61.0 Å². The Bertz CT molecular complexity index is 101. The SMILES string of the molecule is CCC(=O)CC(O)COC. The third kappa shape index (κ3) is 4.47. The van der Waals surface area contributed by atoms with Crippen molar-refractivity contribution >= 4 is 5.78 Å². The van der Waals surface area contributed by atoms with Gasteiger partial charge in [-0.1, -0.05) is 6.92 Å². The van der Waals surface area contributed by atoms with Crippen molar-refractivity contribution in [3.8, 4) is 0 Å². The Morgan fingerprint density at radius 1 is 1.70 bits per heavy atom. The fraction of sp³-hybridized carbons (Fsp3) is 0.857. The molecule has 3 heteroatoms. The van der Waals surface area contributed by atoms with Crippen LogP contribution in [0.4, 0.5) is 0 Å². The van der Waals surface area contributed by atoms with E-state index in [9.17, 15) is 4.79 Å². The van der Waals surface area contributed by atoms with E-state index in [4.69, 9.17) is 5.11 Å². The zero-order chi connectivity index (χ0) is 7.98. The molecular formula is C7H14O3. The molecule has 0 aromatic carbocycles. The Kier molecular flexibility index (Phi) is 5.16. The number of carbonyl (C=O) groups excluding carboxylic acids is 1. The predicted octanol–water partition coefficient (Wildman–Crippen LogP) is 0.363. The molecule has 0 heterocycles. The molecule has 0 amide bonds. The maximum atomic E-state index is 10.7. The molecule has 0 bridgehead atoms. The van der Waals surface area contributed by atoms with Gasteiger partial charge in [0, 0.05) is 20.0 Å². The first-order valence-corrected chi connectivity index (χ1v) is 3.39. The average Bonchev–Trinajstić information content (AvgIpc) is 1.88. The van der Waals surface area contributed by atoms with Gasteiger partial charge in [-0.25, -0.2) is 0 Å². The number of methoxy groups -OCH3 is 1. The number of Topliss-reactive ketones (excluding diaryl/α,β-unsaturated/α-hetero) is 1. The highest BCUT2D eigenvalue weighted by atomic mass is 16.5. The second kappa shape index (κ2) is 5.38. The highest BCUT2D eigenvalue weighted by molar-refractivity contribution is 5.78. The van der Waals surface area contributed by atoms with Crippen molar-refractivity contribution in [1.82, 2.24) is 0 Å². The molecule has 0 saturated heterocycles. The molecular weight excluding hydrogens is 132 g/mol. The van der Waals surface area contributed by atoms with E-state index in [1.165, 1.54) is 7.11 Å². The minimum atomic E-state index is -0.627. The summed E-state index contributed by atoms with van der Waals surface area (Å²) >= 11 is 0. The van der Waals surface area contributed by atoms with Gasteiger partial charge in [0.1, 0.15) is 5.78 Å². The summed E-state index contributed by atoms with van der Waals surface area (Å²) in [6, 6.07) is 0. The molecule has 0 fully saturated rings. The topological polar surface area (TPSA) is 46.5 Å². The molecule has 0 spiro atoms. The number of hydrogen-bond donors (Lipinski definition) is 1. The fourth-order valence-electron chi connectivity index (χ4n) is 0.658. The second-order valence-electron chi connectivity index (χ2n) is 2.21. The lowest BCUT2D eigenvalue weighted by Gasteiger charge is -2.06. The van der Waals surface area contributed by atoms with Crippen LogP contribution in [0.5, 0.6) is 0 Å². The normalized spacial score (nSPS) is 13.1. The van der Waals surface area contributed by atoms with E-state index in [1.807, 2.05) is 0 Å². The first-order chi connectivity index (χ1) is 4.70. The van der Waals surface area contributed by atoms with Crippen LogP contribution in [0.1, 0.15) is 19.8 Å². The van der Waals surface area contributed by atoms with Crippen molar-refractivity contribution in [3.05, 3.63) is 0 Å². The van der Waals surface area contributed by atoms with Gasteiger partial charge in [0.05, 0.1) is 12.7 Å². The minimum Gasteiger partial charge on any atom is -0.390 e. The zero-order valence-electron chi connectivity index (χ0n) is 6.46. The molecule has 0 aliphatic heterocycles. The average molecular weight is 146 g/mol. The summed E-state index contributed by atoms with van der Waals surface area (Å²) in [6.45, 7) is 2.02. The van der Waals surface area contributed by atoms with Crippen LogP contribution in [0.25, 0.3) is 0 Å². The van der Waals surface area contributed by atoms with Gasteiger partial charge in [0.15, 0.2) is 0 Å². The molecule has 1 N–H and O–H groups in total. The largest absolute Gasteiger partial charge is 0.390 e. The maximum absolute atomic E-state index is 10.7. The quantitative estimate of drug-likeness (QED) is 0.609. The molecule has 0 aliphatic rings. The van der Waals surface area contributed by atoms with Gasteiger partial charge >= 0.3 is 0 Å². The smallest absolute Gasteiger partial charge is 0.135 e. The molecule has 0 aliphatic carbocycles. The van der Waals surface area contributed by atoms with E-state index in [0.29, 0.717) is 6.42 Å². The third-order valence-electron chi connectivity index (χ3n) is 1.22. The molecule has 60 valence electrons. The van der Waals surface area contributed by atoms with E-state index in [1.54, 1.807) is 6.92 Å². The van der Waals surface area contributed by atoms with Crippen molar-refractivity contribution in [2.24, 2.45) is 0 Å². The molecule has 10 heavy (non-hydrogen) atoms. The molecule has 0 radical (unpaired) electrons. The van der Waals surface area contributed by atoms with Crippen molar-refractivity contribution in [2.75, 3.05) is 13.7 Å². The van der Waals surface area contributed by atoms with E-state index in [2.05, 4.69) is 4.74 Å². The van der Waals surface area contributed by atoms with E-state index >= 15 is 0 Å². The van der Waals surface area contributed by atoms with Crippen LogP contribution in [0.3, 0.4) is 0 Å². The van der Waals surface area contributed by atoms with E-state index in [0.717, 1.165) is 0 Å².